The Hall–Kier alpha value is -3.15. The molecule has 0 N–H and O–H groups in total. The molecule has 0 radical (unpaired) electrons. The molecule has 2 aromatic rings. The van der Waals surface area contributed by atoms with Crippen molar-refractivity contribution in [3.63, 3.8) is 0 Å². The number of amides is 3. The molecule has 6 heteroatoms. The fourth-order valence-corrected chi connectivity index (χ4v) is 5.16. The van der Waals surface area contributed by atoms with Gasteiger partial charge in [0.25, 0.3) is 5.91 Å². The van der Waals surface area contributed by atoms with E-state index in [2.05, 4.69) is 17.0 Å². The predicted octanol–water partition coefficient (Wildman–Crippen LogP) is 3.33. The number of anilines is 2. The minimum atomic E-state index is -0.163. The molecule has 5 rings (SSSR count). The number of hydrogen-bond acceptors (Lipinski definition) is 4. The van der Waals surface area contributed by atoms with Crippen LogP contribution in [0.1, 0.15) is 36.0 Å². The van der Waals surface area contributed by atoms with Gasteiger partial charge in [-0.3, -0.25) is 19.3 Å². The lowest BCUT2D eigenvalue weighted by Crippen LogP contribution is -2.48. The van der Waals surface area contributed by atoms with Crippen LogP contribution in [-0.4, -0.2) is 48.8 Å². The Bertz CT molecular complexity index is 957. The molecule has 160 valence electrons. The van der Waals surface area contributed by atoms with Crippen molar-refractivity contribution in [3.8, 4) is 0 Å². The van der Waals surface area contributed by atoms with E-state index in [1.165, 1.54) is 10.6 Å². The van der Waals surface area contributed by atoms with E-state index >= 15 is 0 Å². The van der Waals surface area contributed by atoms with Gasteiger partial charge in [0.1, 0.15) is 0 Å². The number of hydrogen-bond donors (Lipinski definition) is 0. The Labute approximate surface area is 182 Å². The number of carbonyl (C=O) groups is 3. The molecule has 2 saturated heterocycles. The average Bonchev–Trinajstić information content (AvgIpc) is 3.09. The number of imide groups is 1. The molecule has 1 aliphatic carbocycles. The van der Waals surface area contributed by atoms with Crippen molar-refractivity contribution in [2.75, 3.05) is 36.0 Å². The zero-order chi connectivity index (χ0) is 21.4. The molecule has 2 aliphatic heterocycles. The number of rotatable bonds is 3. The molecule has 31 heavy (non-hydrogen) atoms. The Morgan fingerprint density at radius 3 is 1.87 bits per heavy atom. The van der Waals surface area contributed by atoms with Crippen LogP contribution in [0.25, 0.3) is 0 Å². The van der Waals surface area contributed by atoms with Gasteiger partial charge in [0, 0.05) is 37.4 Å². The second kappa shape index (κ2) is 8.17. The molecule has 2 atom stereocenters. The van der Waals surface area contributed by atoms with Gasteiger partial charge in [0.05, 0.1) is 17.5 Å². The third-order valence-electron chi connectivity index (χ3n) is 6.90. The van der Waals surface area contributed by atoms with Crippen molar-refractivity contribution < 1.29 is 14.4 Å². The second-order valence-electron chi connectivity index (χ2n) is 8.67. The summed E-state index contributed by atoms with van der Waals surface area (Å²) in [6, 6.07) is 17.2. The first-order chi connectivity index (χ1) is 15.1. The van der Waals surface area contributed by atoms with Crippen molar-refractivity contribution in [1.82, 2.24) is 4.90 Å². The van der Waals surface area contributed by atoms with Crippen molar-refractivity contribution in [2.45, 2.75) is 25.7 Å². The number of nitrogens with zero attached hydrogens (tertiary/aromatic N) is 3. The quantitative estimate of drug-likeness (QED) is 0.719. The Kier molecular flexibility index (Phi) is 5.22. The van der Waals surface area contributed by atoms with Crippen LogP contribution in [-0.2, 0) is 9.59 Å². The fourth-order valence-electron chi connectivity index (χ4n) is 5.16. The molecule has 0 spiro atoms. The van der Waals surface area contributed by atoms with Crippen molar-refractivity contribution in [1.29, 1.82) is 0 Å². The smallest absolute Gasteiger partial charge is 0.253 e. The van der Waals surface area contributed by atoms with E-state index in [-0.39, 0.29) is 29.6 Å². The average molecular weight is 418 g/mol. The van der Waals surface area contributed by atoms with Gasteiger partial charge in [-0.15, -0.1) is 0 Å². The number of benzene rings is 2. The molecular formula is C25H27N3O3. The minimum Gasteiger partial charge on any atom is -0.368 e. The summed E-state index contributed by atoms with van der Waals surface area (Å²) in [5.41, 5.74) is 2.35. The van der Waals surface area contributed by atoms with E-state index in [1.54, 1.807) is 24.3 Å². The predicted molar refractivity (Wildman–Crippen MR) is 119 cm³/mol. The first-order valence-electron chi connectivity index (χ1n) is 11.2. The highest BCUT2D eigenvalue weighted by Crippen LogP contribution is 2.40. The van der Waals surface area contributed by atoms with Crippen LogP contribution < -0.4 is 9.80 Å². The third kappa shape index (κ3) is 3.60. The minimum absolute atomic E-state index is 0.00740. The van der Waals surface area contributed by atoms with Gasteiger partial charge in [-0.1, -0.05) is 31.0 Å². The van der Waals surface area contributed by atoms with Crippen LogP contribution in [0.5, 0.6) is 0 Å². The summed E-state index contributed by atoms with van der Waals surface area (Å²) in [4.78, 5) is 44.0. The number of carbonyl (C=O) groups excluding carboxylic acids is 3. The van der Waals surface area contributed by atoms with E-state index < -0.39 is 0 Å². The van der Waals surface area contributed by atoms with Crippen LogP contribution in [0.15, 0.2) is 54.6 Å². The van der Waals surface area contributed by atoms with Crippen molar-refractivity contribution in [2.24, 2.45) is 11.8 Å². The number of piperazine rings is 1. The summed E-state index contributed by atoms with van der Waals surface area (Å²) >= 11 is 0. The monoisotopic (exact) mass is 417 g/mol. The van der Waals surface area contributed by atoms with Gasteiger partial charge in [-0.25, -0.2) is 0 Å². The third-order valence-corrected chi connectivity index (χ3v) is 6.90. The summed E-state index contributed by atoms with van der Waals surface area (Å²) in [6.45, 7) is 2.94. The molecule has 3 aliphatic rings. The Balaban J connectivity index is 1.25. The maximum atomic E-state index is 13.0. The first kappa shape index (κ1) is 19.8. The first-order valence-corrected chi connectivity index (χ1v) is 11.2. The summed E-state index contributed by atoms with van der Waals surface area (Å²) in [5, 5.41) is 0. The summed E-state index contributed by atoms with van der Waals surface area (Å²) in [6.07, 6.45) is 3.63. The van der Waals surface area contributed by atoms with Gasteiger partial charge in [-0.2, -0.15) is 0 Å². The molecule has 6 nitrogen and oxygen atoms in total. The van der Waals surface area contributed by atoms with Crippen molar-refractivity contribution >= 4 is 29.1 Å². The molecule has 0 bridgehead atoms. The molecule has 3 amide bonds. The Morgan fingerprint density at radius 2 is 1.29 bits per heavy atom. The summed E-state index contributed by atoms with van der Waals surface area (Å²) in [5.74, 6) is -0.490. The largest absolute Gasteiger partial charge is 0.368 e. The van der Waals surface area contributed by atoms with Gasteiger partial charge < -0.3 is 9.80 Å². The van der Waals surface area contributed by atoms with E-state index in [0.29, 0.717) is 24.3 Å². The SMILES string of the molecule is O=C(c1ccc(N2C(=O)[C@H]3CCCC[C@H]3C2=O)cc1)N1CCN(c2ccccc2)CC1. The highest BCUT2D eigenvalue weighted by molar-refractivity contribution is 6.22. The Morgan fingerprint density at radius 1 is 0.710 bits per heavy atom. The summed E-state index contributed by atoms with van der Waals surface area (Å²) in [7, 11) is 0. The highest BCUT2D eigenvalue weighted by atomic mass is 16.2. The van der Waals surface area contributed by atoms with Crippen molar-refractivity contribution in [3.05, 3.63) is 60.2 Å². The molecule has 3 fully saturated rings. The van der Waals surface area contributed by atoms with E-state index in [9.17, 15) is 14.4 Å². The molecule has 2 aromatic carbocycles. The van der Waals surface area contributed by atoms with Crippen LogP contribution >= 0.6 is 0 Å². The molecule has 2 heterocycles. The van der Waals surface area contributed by atoms with Crippen LogP contribution in [0.3, 0.4) is 0 Å². The van der Waals surface area contributed by atoms with Crippen LogP contribution in [0, 0.1) is 11.8 Å². The zero-order valence-electron chi connectivity index (χ0n) is 17.6. The number of para-hydroxylation sites is 1. The van der Waals surface area contributed by atoms with Crippen LogP contribution in [0.2, 0.25) is 0 Å². The maximum Gasteiger partial charge on any atom is 0.253 e. The van der Waals surface area contributed by atoms with E-state index in [4.69, 9.17) is 0 Å². The molecule has 1 saturated carbocycles. The summed E-state index contributed by atoms with van der Waals surface area (Å²) < 4.78 is 0. The second-order valence-corrected chi connectivity index (χ2v) is 8.67. The van der Waals surface area contributed by atoms with E-state index in [1.807, 2.05) is 23.1 Å². The van der Waals surface area contributed by atoms with Crippen LogP contribution in [0.4, 0.5) is 11.4 Å². The molecule has 0 unspecified atom stereocenters. The van der Waals surface area contributed by atoms with Gasteiger partial charge in [0.2, 0.25) is 11.8 Å². The molecular weight excluding hydrogens is 390 g/mol. The highest BCUT2D eigenvalue weighted by Gasteiger charge is 2.48. The topological polar surface area (TPSA) is 60.9 Å². The standard InChI is InChI=1S/C25H27N3O3/c29-23(27-16-14-26(15-17-27)19-6-2-1-3-7-19)18-10-12-20(13-11-18)28-24(30)21-8-4-5-9-22(21)25(28)31/h1-3,6-7,10-13,21-22H,4-5,8-9,14-17H2/t21-,22+. The van der Waals surface area contributed by atoms with E-state index in [0.717, 1.165) is 38.8 Å². The zero-order valence-corrected chi connectivity index (χ0v) is 17.6. The lowest BCUT2D eigenvalue weighted by Gasteiger charge is -2.36. The lowest BCUT2D eigenvalue weighted by molar-refractivity contribution is -0.122. The molecule has 0 aromatic heterocycles. The van der Waals surface area contributed by atoms with Gasteiger partial charge in [0.15, 0.2) is 0 Å². The maximum absolute atomic E-state index is 13.0. The number of fused-ring (bicyclic) bond motifs is 1. The van der Waals surface area contributed by atoms with Gasteiger partial charge in [-0.05, 0) is 49.2 Å². The van der Waals surface area contributed by atoms with Gasteiger partial charge >= 0.3 is 0 Å². The normalized spacial score (nSPS) is 23.8. The lowest BCUT2D eigenvalue weighted by atomic mass is 9.81. The fraction of sp³-hybridized carbons (Fsp3) is 0.400.